The summed E-state index contributed by atoms with van der Waals surface area (Å²) in [6.07, 6.45) is 0. The molecule has 21 aromatic carbocycles. The van der Waals surface area contributed by atoms with Crippen molar-refractivity contribution in [1.29, 1.82) is 0 Å². The Morgan fingerprint density at radius 2 is 0.387 bits per heavy atom. The lowest BCUT2D eigenvalue weighted by Crippen LogP contribution is -2.02. The summed E-state index contributed by atoms with van der Waals surface area (Å²) >= 11 is 3.71. The van der Waals surface area contributed by atoms with Crippen LogP contribution in [0.3, 0.4) is 0 Å². The van der Waals surface area contributed by atoms with E-state index in [1.54, 1.807) is 0 Å². The summed E-state index contributed by atoms with van der Waals surface area (Å²) in [6, 6.07) is 178. The molecule has 30 rings (SSSR count). The predicted molar refractivity (Wildman–Crippen MR) is 621 cm³/mol. The lowest BCUT2D eigenvalue weighted by atomic mass is 10.00. The Labute approximate surface area is 869 Å². The molecule has 9 aromatic heterocycles. The molecule has 0 radical (unpaired) electrons. The number of rotatable bonds is 15. The molecule has 150 heavy (non-hydrogen) atoms. The lowest BCUT2D eigenvalue weighted by Gasteiger charge is -2.16. The highest BCUT2D eigenvalue weighted by molar-refractivity contribution is 7.26. The normalized spacial score (nSPS) is 11.6. The van der Waals surface area contributed by atoms with Crippen molar-refractivity contribution >= 4 is 150 Å². The fraction of sp³-hybridized carbons (Fsp3) is 0. The van der Waals surface area contributed by atoms with Crippen LogP contribution in [0.15, 0.2) is 514 Å². The van der Waals surface area contributed by atoms with Crippen LogP contribution in [-0.2, 0) is 0 Å². The Balaban J connectivity index is 0.000000108. The second-order valence-corrected chi connectivity index (χ2v) is 39.5. The van der Waals surface area contributed by atoms with Gasteiger partial charge in [0.05, 0.1) is 50.2 Å². The first-order chi connectivity index (χ1) is 74.3. The van der Waals surface area contributed by atoms with E-state index < -0.39 is 0 Å². The van der Waals surface area contributed by atoms with Crippen LogP contribution in [0, 0.1) is 0 Å². The summed E-state index contributed by atoms with van der Waals surface area (Å²) in [6.45, 7) is 0. The third kappa shape index (κ3) is 15.9. The van der Waals surface area contributed by atoms with Crippen LogP contribution in [-0.4, -0.2) is 58.6 Å². The van der Waals surface area contributed by atoms with Gasteiger partial charge in [0.2, 0.25) is 0 Å². The highest BCUT2D eigenvalue weighted by Gasteiger charge is 2.27. The first-order valence-corrected chi connectivity index (χ1v) is 51.7. The third-order valence-corrected chi connectivity index (χ3v) is 30.6. The minimum absolute atomic E-state index is 0.618. The number of para-hydroxylation sites is 4. The van der Waals surface area contributed by atoms with Crippen LogP contribution in [0.5, 0.6) is 0 Å². The smallest absolute Gasteiger partial charge is 0.164 e. The molecular formula is C135H84N12OS2. The van der Waals surface area contributed by atoms with E-state index in [0.717, 1.165) is 133 Å². The molecule has 0 saturated carbocycles. The first kappa shape index (κ1) is 88.0. The van der Waals surface area contributed by atoms with E-state index in [0.29, 0.717) is 52.4 Å². The van der Waals surface area contributed by atoms with Gasteiger partial charge < -0.3 is 18.1 Å². The van der Waals surface area contributed by atoms with Gasteiger partial charge in [-0.3, -0.25) is 0 Å². The van der Waals surface area contributed by atoms with Gasteiger partial charge in [0.15, 0.2) is 52.4 Å². The van der Waals surface area contributed by atoms with Crippen molar-refractivity contribution in [3.8, 4) is 153 Å². The molecular weight excluding hydrogens is 1870 g/mol. The summed E-state index contributed by atoms with van der Waals surface area (Å²) in [5.74, 6) is 5.75. The molecule has 0 bridgehead atoms. The Hall–Kier alpha value is -19.7. The fourth-order valence-corrected chi connectivity index (χ4v) is 23.6. The summed E-state index contributed by atoms with van der Waals surface area (Å²) in [5.41, 5.74) is 27.0. The predicted octanol–water partition coefficient (Wildman–Crippen LogP) is 35.5. The second kappa shape index (κ2) is 37.5. The van der Waals surface area contributed by atoms with E-state index in [-0.39, 0.29) is 0 Å². The van der Waals surface area contributed by atoms with Gasteiger partial charge in [0, 0.05) is 156 Å². The number of benzene rings is 21. The molecule has 0 unspecified atom stereocenters. The van der Waals surface area contributed by atoms with Crippen LogP contribution in [0.2, 0.25) is 0 Å². The molecule has 0 N–H and O–H groups in total. The van der Waals surface area contributed by atoms with Gasteiger partial charge >= 0.3 is 0 Å². The van der Waals surface area contributed by atoms with Gasteiger partial charge in [-0.15, -0.1) is 22.7 Å². The summed E-state index contributed by atoms with van der Waals surface area (Å²) in [4.78, 5) is 45.1. The maximum Gasteiger partial charge on any atom is 0.164 e. The van der Waals surface area contributed by atoms with Crippen LogP contribution in [0.25, 0.3) is 281 Å². The van der Waals surface area contributed by atoms with Gasteiger partial charge in [-0.25, -0.2) is 44.9 Å². The average Bonchev–Trinajstić information content (AvgIpc) is 1.57. The molecule has 0 fully saturated rings. The molecule has 0 aliphatic carbocycles. The molecule has 13 nitrogen and oxygen atoms in total. The zero-order valence-electron chi connectivity index (χ0n) is 80.6. The molecule has 30 aromatic rings. The Morgan fingerprint density at radius 1 is 0.140 bits per heavy atom. The Morgan fingerprint density at radius 3 is 0.727 bits per heavy atom. The van der Waals surface area contributed by atoms with E-state index in [4.69, 9.17) is 49.3 Å². The minimum atomic E-state index is 0.618. The molecule has 9 heterocycles. The van der Waals surface area contributed by atoms with Crippen LogP contribution in [0.4, 0.5) is 0 Å². The van der Waals surface area contributed by atoms with Crippen LogP contribution in [0.1, 0.15) is 0 Å². The largest absolute Gasteiger partial charge is 0.456 e. The van der Waals surface area contributed by atoms with E-state index in [9.17, 15) is 0 Å². The van der Waals surface area contributed by atoms with Crippen molar-refractivity contribution < 1.29 is 4.42 Å². The molecule has 0 aliphatic rings. The van der Waals surface area contributed by atoms with Gasteiger partial charge in [-0.05, 0) is 138 Å². The van der Waals surface area contributed by atoms with Crippen molar-refractivity contribution in [3.63, 3.8) is 0 Å². The van der Waals surface area contributed by atoms with E-state index in [1.165, 1.54) is 94.7 Å². The maximum atomic E-state index is 6.40. The number of furan rings is 1. The third-order valence-electron chi connectivity index (χ3n) is 28.4. The van der Waals surface area contributed by atoms with Gasteiger partial charge in [0.1, 0.15) is 11.2 Å². The van der Waals surface area contributed by atoms with Gasteiger partial charge in [-0.1, -0.05) is 382 Å². The average molecular weight is 1950 g/mol. The zero-order chi connectivity index (χ0) is 99.1. The Kier molecular flexibility index (Phi) is 22.0. The molecule has 0 atom stereocenters. The number of hydrogen-bond acceptors (Lipinski definition) is 12. The number of thiophene rings is 2. The van der Waals surface area contributed by atoms with Crippen molar-refractivity contribution in [1.82, 2.24) is 58.6 Å². The SMILES string of the molecule is c1ccc(-c2nc(-c3ccccc3)nc(-c3ccc(-n4c5ccccc5c5cc6c(cc54)oc4ccccc46)c(-c4ccccc4)c3)n2)cc1.c1ccc(-c2nc(-c3ccccc3)nc(-c3ccc(-n4c5ccccc5c5cc6c(cc54)sc4ccccc46)c(-c4ccccc4)c3)n2)cc1.c1ccc(-c2nc(-c3ccccc3)nc(-c3ccc(-n4c5ccccc5c5cc6sc7ccccc7c6cc54)c(-c4ccccc4)c3)n2)cc1. The molecule has 0 spiro atoms. The molecule has 0 saturated heterocycles. The lowest BCUT2D eigenvalue weighted by molar-refractivity contribution is 0.669. The van der Waals surface area contributed by atoms with Crippen molar-refractivity contribution in [2.24, 2.45) is 0 Å². The van der Waals surface area contributed by atoms with E-state index in [1.807, 2.05) is 217 Å². The topological polar surface area (TPSA) is 144 Å². The molecule has 0 amide bonds. The summed E-state index contributed by atoms with van der Waals surface area (Å²) < 4.78 is 18.8. The van der Waals surface area contributed by atoms with Crippen LogP contribution >= 0.6 is 22.7 Å². The fourth-order valence-electron chi connectivity index (χ4n) is 21.3. The number of fused-ring (bicyclic) bond motifs is 18. The summed E-state index contributed by atoms with van der Waals surface area (Å²) in [5, 5.41) is 14.8. The van der Waals surface area contributed by atoms with Gasteiger partial charge in [-0.2, -0.15) is 0 Å². The second-order valence-electron chi connectivity index (χ2n) is 37.4. The van der Waals surface area contributed by atoms with Gasteiger partial charge in [0.25, 0.3) is 0 Å². The minimum Gasteiger partial charge on any atom is -0.456 e. The van der Waals surface area contributed by atoms with Crippen molar-refractivity contribution in [3.05, 3.63) is 510 Å². The Bertz CT molecular complexity index is 9880. The molecule has 702 valence electrons. The summed E-state index contributed by atoms with van der Waals surface area (Å²) in [7, 11) is 0. The highest BCUT2D eigenvalue weighted by Crippen LogP contribution is 2.49. The zero-order valence-corrected chi connectivity index (χ0v) is 82.2. The van der Waals surface area contributed by atoms with E-state index in [2.05, 4.69) is 329 Å². The number of aromatic nitrogens is 12. The van der Waals surface area contributed by atoms with E-state index >= 15 is 0 Å². The maximum absolute atomic E-state index is 6.40. The van der Waals surface area contributed by atoms with Crippen molar-refractivity contribution in [2.75, 3.05) is 0 Å². The monoisotopic (exact) mass is 1950 g/mol. The first-order valence-electron chi connectivity index (χ1n) is 50.1. The quantitative estimate of drug-likeness (QED) is 0.0973. The number of nitrogens with zero attached hydrogens (tertiary/aromatic N) is 12. The highest BCUT2D eigenvalue weighted by atomic mass is 32.1. The standard InChI is InChI=1S/C45H28N4O.2C45H28N4S/c1-4-14-29(15-5-1)35-26-32(45-47-43(30-16-6-2-7-17-30)46-44(48-45)31-18-8-3-9-19-31)24-25-39(35)49-38-22-12-10-20-33(38)36-27-37-34-21-11-13-23-41(34)50-42(37)28-40(36)49;1-4-14-29(15-5-1)35-26-32(45-47-43(30-16-6-2-7-17-30)46-44(48-45)31-18-8-3-9-19-31)24-25-39(35)49-38-22-12-10-20-33(38)36-28-42-37(27-40(36)49)34-21-11-13-23-41(34)50-42;1-4-14-29(15-5-1)35-26-32(45-47-43(30-16-6-2-7-17-30)46-44(48-45)31-18-8-3-9-19-31)24-25-39(35)49-38-22-12-10-20-33(38)36-27-37-34-21-11-13-23-41(34)50-42(37)28-40(36)49/h3*1-28H. The molecule has 0 aliphatic heterocycles. The van der Waals surface area contributed by atoms with Crippen LogP contribution < -0.4 is 0 Å². The van der Waals surface area contributed by atoms with Crippen molar-refractivity contribution in [2.45, 2.75) is 0 Å². The molecule has 15 heteroatoms. The number of hydrogen-bond donors (Lipinski definition) is 0.